The number of morpholine rings is 1. The van der Waals surface area contributed by atoms with Crippen molar-refractivity contribution in [1.82, 2.24) is 9.80 Å². The van der Waals surface area contributed by atoms with Crippen LogP contribution >= 0.6 is 0 Å². The molecule has 0 aromatic rings. The monoisotopic (exact) mass is 308 g/mol. The van der Waals surface area contributed by atoms with E-state index in [1.54, 1.807) is 0 Å². The maximum absolute atomic E-state index is 5.60. The molecule has 1 aliphatic rings. The van der Waals surface area contributed by atoms with Crippen molar-refractivity contribution in [2.45, 2.75) is 59.9 Å². The number of hydrogen-bond donors (Lipinski definition) is 0. The molecule has 1 aliphatic heterocycles. The van der Waals surface area contributed by atoms with Crippen LogP contribution in [-0.2, 0) is 4.74 Å². The van der Waals surface area contributed by atoms with Gasteiger partial charge >= 0.3 is 0 Å². The Labute approximate surface area is 138 Å². The minimum atomic E-state index is 0.0306. The molecule has 2 unspecified atom stereocenters. The fraction of sp³-hybridized carbons (Fsp3) is 0.789. The highest BCUT2D eigenvalue weighted by Gasteiger charge is 2.42. The number of nitrogens with zero attached hydrogens (tertiary/aromatic N) is 2. The molecule has 22 heavy (non-hydrogen) atoms. The lowest BCUT2D eigenvalue weighted by atomic mass is 9.77. The fourth-order valence-electron chi connectivity index (χ4n) is 3.63. The topological polar surface area (TPSA) is 15.7 Å². The molecule has 0 aromatic carbocycles. The third-order valence-corrected chi connectivity index (χ3v) is 5.50. The number of hydrogen-bond acceptors (Lipinski definition) is 3. The molecule has 1 fully saturated rings. The van der Waals surface area contributed by atoms with Gasteiger partial charge in [0, 0.05) is 25.3 Å². The van der Waals surface area contributed by atoms with Gasteiger partial charge in [-0.05, 0) is 39.3 Å². The molecule has 128 valence electrons. The molecule has 1 saturated heterocycles. The van der Waals surface area contributed by atoms with Crippen molar-refractivity contribution >= 4 is 0 Å². The average molecular weight is 309 g/mol. The van der Waals surface area contributed by atoms with Crippen LogP contribution in [0.4, 0.5) is 0 Å². The number of likely N-dealkylation sites (N-methyl/N-ethyl adjacent to an activating group) is 1. The molecule has 0 amide bonds. The zero-order valence-electron chi connectivity index (χ0n) is 15.6. The lowest BCUT2D eigenvalue weighted by Gasteiger charge is -2.51. The molecule has 0 bridgehead atoms. The molecule has 0 N–H and O–H groups in total. The van der Waals surface area contributed by atoms with Crippen molar-refractivity contribution in [2.75, 3.05) is 32.8 Å². The Morgan fingerprint density at radius 1 is 1.32 bits per heavy atom. The van der Waals surface area contributed by atoms with E-state index in [9.17, 15) is 0 Å². The molecule has 0 saturated carbocycles. The minimum absolute atomic E-state index is 0.0306. The van der Waals surface area contributed by atoms with Gasteiger partial charge in [0.15, 0.2) is 0 Å². The van der Waals surface area contributed by atoms with E-state index in [2.05, 4.69) is 57.9 Å². The van der Waals surface area contributed by atoms with Crippen LogP contribution in [0.2, 0.25) is 0 Å². The van der Waals surface area contributed by atoms with Gasteiger partial charge < -0.3 is 9.64 Å². The maximum atomic E-state index is 5.60. The average Bonchev–Trinajstić information content (AvgIpc) is 2.58. The zero-order valence-corrected chi connectivity index (χ0v) is 15.6. The Kier molecular flexibility index (Phi) is 7.64. The second-order valence-corrected chi connectivity index (χ2v) is 6.51. The van der Waals surface area contributed by atoms with Gasteiger partial charge in [-0.1, -0.05) is 39.3 Å². The summed E-state index contributed by atoms with van der Waals surface area (Å²) in [5, 5.41) is 0. The Morgan fingerprint density at radius 3 is 2.32 bits per heavy atom. The molecular weight excluding hydrogens is 272 g/mol. The number of rotatable bonds is 8. The van der Waals surface area contributed by atoms with Gasteiger partial charge in [-0.3, -0.25) is 4.90 Å². The van der Waals surface area contributed by atoms with Crippen molar-refractivity contribution in [1.29, 1.82) is 0 Å². The van der Waals surface area contributed by atoms with Crippen LogP contribution in [0.1, 0.15) is 54.4 Å². The second kappa shape index (κ2) is 8.73. The van der Waals surface area contributed by atoms with Crippen molar-refractivity contribution in [3.8, 4) is 0 Å². The van der Waals surface area contributed by atoms with E-state index in [0.717, 1.165) is 39.3 Å². The van der Waals surface area contributed by atoms with E-state index in [0.29, 0.717) is 5.92 Å². The largest absolute Gasteiger partial charge is 0.379 e. The minimum Gasteiger partial charge on any atom is -0.379 e. The molecule has 0 aliphatic carbocycles. The predicted octanol–water partition coefficient (Wildman–Crippen LogP) is 4.27. The van der Waals surface area contributed by atoms with E-state index in [1.165, 1.54) is 17.7 Å². The Balaban J connectivity index is 3.40. The van der Waals surface area contributed by atoms with Gasteiger partial charge in [0.05, 0.1) is 18.8 Å². The first kappa shape index (κ1) is 19.2. The van der Waals surface area contributed by atoms with Crippen molar-refractivity contribution in [3.63, 3.8) is 0 Å². The smallest absolute Gasteiger partial charge is 0.0611 e. The summed E-state index contributed by atoms with van der Waals surface area (Å²) in [4.78, 5) is 4.98. The maximum Gasteiger partial charge on any atom is 0.0611 e. The van der Waals surface area contributed by atoms with Crippen molar-refractivity contribution in [2.24, 2.45) is 5.92 Å². The summed E-state index contributed by atoms with van der Waals surface area (Å²) >= 11 is 0. The zero-order chi connectivity index (χ0) is 16.8. The van der Waals surface area contributed by atoms with E-state index in [4.69, 9.17) is 4.74 Å². The molecule has 1 rings (SSSR count). The summed E-state index contributed by atoms with van der Waals surface area (Å²) in [6, 6.07) is 0. The van der Waals surface area contributed by atoms with Gasteiger partial charge in [0.25, 0.3) is 0 Å². The third-order valence-electron chi connectivity index (χ3n) is 5.50. The summed E-state index contributed by atoms with van der Waals surface area (Å²) in [5.41, 5.74) is 2.95. The first-order chi connectivity index (χ1) is 10.5. The Morgan fingerprint density at radius 2 is 1.91 bits per heavy atom. The normalized spacial score (nSPS) is 21.7. The highest BCUT2D eigenvalue weighted by Crippen LogP contribution is 2.39. The van der Waals surface area contributed by atoms with Crippen LogP contribution < -0.4 is 0 Å². The third kappa shape index (κ3) is 3.75. The SMILES string of the molecule is C=CN(CC)/C(=C(/C)CC)C(C)(C(C)CC)N1CCOCC1. The van der Waals surface area contributed by atoms with Gasteiger partial charge in [-0.15, -0.1) is 0 Å². The molecule has 3 nitrogen and oxygen atoms in total. The van der Waals surface area contributed by atoms with Crippen LogP contribution in [0.3, 0.4) is 0 Å². The fourth-order valence-corrected chi connectivity index (χ4v) is 3.63. The lowest BCUT2D eigenvalue weighted by Crippen LogP contribution is -2.58. The summed E-state index contributed by atoms with van der Waals surface area (Å²) in [7, 11) is 0. The molecule has 3 heteroatoms. The van der Waals surface area contributed by atoms with Gasteiger partial charge in [0.2, 0.25) is 0 Å². The highest BCUT2D eigenvalue weighted by atomic mass is 16.5. The van der Waals surface area contributed by atoms with Crippen molar-refractivity contribution < 1.29 is 4.74 Å². The number of ether oxygens (including phenoxy) is 1. The quantitative estimate of drug-likeness (QED) is 0.666. The van der Waals surface area contributed by atoms with E-state index < -0.39 is 0 Å². The molecule has 1 heterocycles. The van der Waals surface area contributed by atoms with E-state index >= 15 is 0 Å². The van der Waals surface area contributed by atoms with Crippen molar-refractivity contribution in [3.05, 3.63) is 24.0 Å². The predicted molar refractivity (Wildman–Crippen MR) is 95.8 cm³/mol. The summed E-state index contributed by atoms with van der Waals surface area (Å²) in [5.74, 6) is 0.580. The van der Waals surface area contributed by atoms with Crippen LogP contribution in [0.25, 0.3) is 0 Å². The highest BCUT2D eigenvalue weighted by molar-refractivity contribution is 5.27. The summed E-state index contributed by atoms with van der Waals surface area (Å²) in [6.07, 6.45) is 4.24. The molecule has 0 spiro atoms. The van der Waals surface area contributed by atoms with Crippen LogP contribution in [0.5, 0.6) is 0 Å². The number of allylic oxidation sites excluding steroid dienone is 1. The first-order valence-electron chi connectivity index (χ1n) is 8.89. The molecule has 0 aromatic heterocycles. The molecular formula is C19H36N2O. The van der Waals surface area contributed by atoms with Crippen LogP contribution in [0.15, 0.2) is 24.0 Å². The lowest BCUT2D eigenvalue weighted by molar-refractivity contribution is -0.0301. The van der Waals surface area contributed by atoms with Gasteiger partial charge in [0.1, 0.15) is 0 Å². The second-order valence-electron chi connectivity index (χ2n) is 6.51. The van der Waals surface area contributed by atoms with E-state index in [1.807, 2.05) is 6.20 Å². The van der Waals surface area contributed by atoms with E-state index in [-0.39, 0.29) is 5.54 Å². The molecule has 0 radical (unpaired) electrons. The summed E-state index contributed by atoms with van der Waals surface area (Å²) < 4.78 is 5.60. The first-order valence-corrected chi connectivity index (χ1v) is 8.89. The van der Waals surface area contributed by atoms with Crippen LogP contribution in [-0.4, -0.2) is 48.2 Å². The molecule has 2 atom stereocenters. The Hall–Kier alpha value is -0.800. The van der Waals surface area contributed by atoms with Crippen LogP contribution in [0, 0.1) is 5.92 Å². The van der Waals surface area contributed by atoms with Gasteiger partial charge in [-0.2, -0.15) is 0 Å². The standard InChI is InChI=1S/C19H36N2O/c1-8-16(5)18(20(10-3)11-4)19(7,17(6)9-2)21-12-14-22-15-13-21/h10,17H,3,8-9,11-15H2,1-2,4-7H3/b18-16-. The van der Waals surface area contributed by atoms with Gasteiger partial charge in [-0.25, -0.2) is 0 Å². The Bertz CT molecular complexity index is 385. The summed E-state index contributed by atoms with van der Waals surface area (Å²) in [6.45, 7) is 22.6.